The number of hydrogen-bond acceptors (Lipinski definition) is 5. The standard InChI is InChI=1S/C15H26N4O/c1-3-9-16-13-10-14(19-12(4-2)18-13)17-11-15(20)7-5-6-8-15/h10,20H,3-9,11H2,1-2H3,(H2,16,17,18,19). The second-order valence-corrected chi connectivity index (χ2v) is 5.62. The van der Waals surface area contributed by atoms with E-state index in [9.17, 15) is 5.11 Å². The first-order chi connectivity index (χ1) is 9.65. The lowest BCUT2D eigenvalue weighted by molar-refractivity contribution is 0.0614. The molecule has 0 unspecified atom stereocenters. The summed E-state index contributed by atoms with van der Waals surface area (Å²) in [5.74, 6) is 2.49. The van der Waals surface area contributed by atoms with Gasteiger partial charge in [-0.25, -0.2) is 9.97 Å². The molecule has 5 nitrogen and oxygen atoms in total. The summed E-state index contributed by atoms with van der Waals surface area (Å²) in [6.07, 6.45) is 5.87. The summed E-state index contributed by atoms with van der Waals surface area (Å²) >= 11 is 0. The van der Waals surface area contributed by atoms with E-state index >= 15 is 0 Å². The summed E-state index contributed by atoms with van der Waals surface area (Å²) in [4.78, 5) is 8.94. The second-order valence-electron chi connectivity index (χ2n) is 5.62. The molecule has 112 valence electrons. The highest BCUT2D eigenvalue weighted by molar-refractivity contribution is 5.47. The van der Waals surface area contributed by atoms with Crippen LogP contribution in [0.1, 0.15) is 51.8 Å². The normalized spacial score (nSPS) is 17.1. The summed E-state index contributed by atoms with van der Waals surface area (Å²) in [5.41, 5.74) is -0.561. The fourth-order valence-corrected chi connectivity index (χ4v) is 2.55. The SMILES string of the molecule is CCCNc1cc(NCC2(O)CCCC2)nc(CC)n1. The smallest absolute Gasteiger partial charge is 0.132 e. The van der Waals surface area contributed by atoms with Crippen LogP contribution in [0.15, 0.2) is 6.07 Å². The van der Waals surface area contributed by atoms with Gasteiger partial charge < -0.3 is 15.7 Å². The molecule has 0 atom stereocenters. The Labute approximate surface area is 121 Å². The number of nitrogens with zero attached hydrogens (tertiary/aromatic N) is 2. The molecule has 20 heavy (non-hydrogen) atoms. The molecule has 1 aliphatic carbocycles. The Kier molecular flexibility index (Phi) is 5.17. The highest BCUT2D eigenvalue weighted by Crippen LogP contribution is 2.29. The minimum Gasteiger partial charge on any atom is -0.388 e. The summed E-state index contributed by atoms with van der Waals surface area (Å²) < 4.78 is 0. The zero-order valence-corrected chi connectivity index (χ0v) is 12.6. The van der Waals surface area contributed by atoms with E-state index < -0.39 is 5.60 Å². The van der Waals surface area contributed by atoms with Crippen molar-refractivity contribution in [1.82, 2.24) is 9.97 Å². The summed E-state index contributed by atoms with van der Waals surface area (Å²) in [6.45, 7) is 5.65. The van der Waals surface area contributed by atoms with Gasteiger partial charge >= 0.3 is 0 Å². The number of rotatable bonds is 7. The monoisotopic (exact) mass is 278 g/mol. The van der Waals surface area contributed by atoms with E-state index in [1.807, 2.05) is 13.0 Å². The molecule has 1 aromatic rings. The molecule has 0 bridgehead atoms. The van der Waals surface area contributed by atoms with Crippen LogP contribution in [0.4, 0.5) is 11.6 Å². The summed E-state index contributed by atoms with van der Waals surface area (Å²) in [7, 11) is 0. The molecule has 0 saturated heterocycles. The maximum absolute atomic E-state index is 10.4. The van der Waals surface area contributed by atoms with E-state index in [4.69, 9.17) is 0 Å². The van der Waals surface area contributed by atoms with Crippen LogP contribution in [0, 0.1) is 0 Å². The van der Waals surface area contributed by atoms with E-state index in [0.29, 0.717) is 6.54 Å². The van der Waals surface area contributed by atoms with Crippen molar-refractivity contribution in [1.29, 1.82) is 0 Å². The van der Waals surface area contributed by atoms with Gasteiger partial charge in [0.05, 0.1) is 5.60 Å². The van der Waals surface area contributed by atoms with Gasteiger partial charge in [-0.2, -0.15) is 0 Å². The van der Waals surface area contributed by atoms with Crippen molar-refractivity contribution < 1.29 is 5.11 Å². The quantitative estimate of drug-likeness (QED) is 0.715. The van der Waals surface area contributed by atoms with Crippen molar-refractivity contribution in [3.63, 3.8) is 0 Å². The van der Waals surface area contributed by atoms with Crippen molar-refractivity contribution in [2.75, 3.05) is 23.7 Å². The van der Waals surface area contributed by atoms with Crippen molar-refractivity contribution in [2.45, 2.75) is 58.0 Å². The van der Waals surface area contributed by atoms with E-state index in [1.54, 1.807) is 0 Å². The largest absolute Gasteiger partial charge is 0.388 e. The molecule has 2 rings (SSSR count). The molecule has 1 heterocycles. The molecule has 0 radical (unpaired) electrons. The minimum absolute atomic E-state index is 0.561. The van der Waals surface area contributed by atoms with Crippen molar-refractivity contribution >= 4 is 11.6 Å². The molecule has 0 spiro atoms. The van der Waals surface area contributed by atoms with Gasteiger partial charge in [0.2, 0.25) is 0 Å². The van der Waals surface area contributed by atoms with E-state index in [-0.39, 0.29) is 0 Å². The Bertz CT molecular complexity index is 430. The number of aromatic nitrogens is 2. The molecule has 0 aromatic carbocycles. The zero-order chi connectivity index (χ0) is 14.4. The highest BCUT2D eigenvalue weighted by Gasteiger charge is 2.30. The number of hydrogen-bond donors (Lipinski definition) is 3. The van der Waals surface area contributed by atoms with E-state index in [2.05, 4.69) is 27.5 Å². The van der Waals surface area contributed by atoms with E-state index in [0.717, 1.165) is 62.5 Å². The van der Waals surface area contributed by atoms with Crippen LogP contribution in [0.3, 0.4) is 0 Å². The minimum atomic E-state index is -0.561. The van der Waals surface area contributed by atoms with Crippen LogP contribution in [-0.4, -0.2) is 33.8 Å². The first kappa shape index (κ1) is 15.0. The number of nitrogens with one attached hydrogen (secondary N) is 2. The summed E-state index contributed by atoms with van der Waals surface area (Å²) in [6, 6.07) is 1.92. The Morgan fingerprint density at radius 2 is 1.80 bits per heavy atom. The second kappa shape index (κ2) is 6.88. The molecule has 3 N–H and O–H groups in total. The molecule has 0 amide bonds. The first-order valence-electron chi connectivity index (χ1n) is 7.73. The van der Waals surface area contributed by atoms with Crippen LogP contribution in [-0.2, 0) is 6.42 Å². The van der Waals surface area contributed by atoms with E-state index in [1.165, 1.54) is 0 Å². The maximum Gasteiger partial charge on any atom is 0.132 e. The van der Waals surface area contributed by atoms with Gasteiger partial charge in [-0.05, 0) is 19.3 Å². The highest BCUT2D eigenvalue weighted by atomic mass is 16.3. The lowest BCUT2D eigenvalue weighted by Crippen LogP contribution is -2.33. The Morgan fingerprint density at radius 3 is 2.40 bits per heavy atom. The maximum atomic E-state index is 10.4. The van der Waals surface area contributed by atoms with Crippen molar-refractivity contribution in [3.05, 3.63) is 11.9 Å². The number of anilines is 2. The molecule has 1 fully saturated rings. The molecular weight excluding hydrogens is 252 g/mol. The van der Waals surface area contributed by atoms with Crippen LogP contribution in [0.2, 0.25) is 0 Å². The van der Waals surface area contributed by atoms with Gasteiger partial charge in [0.25, 0.3) is 0 Å². The van der Waals surface area contributed by atoms with Gasteiger partial charge in [0.1, 0.15) is 17.5 Å². The molecule has 1 saturated carbocycles. The predicted octanol–water partition coefficient (Wildman–Crippen LogP) is 2.58. The average molecular weight is 278 g/mol. The van der Waals surface area contributed by atoms with Gasteiger partial charge in [0.15, 0.2) is 0 Å². The lowest BCUT2D eigenvalue weighted by Gasteiger charge is -2.23. The Balaban J connectivity index is 2.01. The Morgan fingerprint density at radius 1 is 1.15 bits per heavy atom. The third-order valence-electron chi connectivity index (χ3n) is 3.78. The third-order valence-corrected chi connectivity index (χ3v) is 3.78. The van der Waals surface area contributed by atoms with Crippen molar-refractivity contribution in [2.24, 2.45) is 0 Å². The van der Waals surface area contributed by atoms with Crippen molar-refractivity contribution in [3.8, 4) is 0 Å². The topological polar surface area (TPSA) is 70.1 Å². The summed E-state index contributed by atoms with van der Waals surface area (Å²) in [5, 5.41) is 16.9. The van der Waals surface area contributed by atoms with Crippen LogP contribution >= 0.6 is 0 Å². The van der Waals surface area contributed by atoms with Gasteiger partial charge in [0, 0.05) is 25.6 Å². The van der Waals surface area contributed by atoms with Crippen LogP contribution in [0.5, 0.6) is 0 Å². The Hall–Kier alpha value is -1.36. The van der Waals surface area contributed by atoms with Crippen LogP contribution < -0.4 is 10.6 Å². The molecule has 1 aromatic heterocycles. The molecule has 5 heteroatoms. The molecule has 0 aliphatic heterocycles. The predicted molar refractivity (Wildman–Crippen MR) is 82.1 cm³/mol. The van der Waals surface area contributed by atoms with Gasteiger partial charge in [-0.3, -0.25) is 0 Å². The third kappa shape index (κ3) is 4.07. The molecule has 1 aliphatic rings. The number of aliphatic hydroxyl groups is 1. The van der Waals surface area contributed by atoms with Gasteiger partial charge in [-0.15, -0.1) is 0 Å². The zero-order valence-electron chi connectivity index (χ0n) is 12.6. The number of aryl methyl sites for hydroxylation is 1. The fraction of sp³-hybridized carbons (Fsp3) is 0.733. The fourth-order valence-electron chi connectivity index (χ4n) is 2.55. The average Bonchev–Trinajstić information content (AvgIpc) is 2.90. The molecular formula is C15H26N4O. The van der Waals surface area contributed by atoms with Crippen LogP contribution in [0.25, 0.3) is 0 Å². The lowest BCUT2D eigenvalue weighted by atomic mass is 10.0. The van der Waals surface area contributed by atoms with Gasteiger partial charge in [-0.1, -0.05) is 26.7 Å². The first-order valence-corrected chi connectivity index (χ1v) is 7.73.